The van der Waals surface area contributed by atoms with Gasteiger partial charge in [-0.05, 0) is 80.9 Å². The molecule has 22 heavy (non-hydrogen) atoms. The summed E-state index contributed by atoms with van der Waals surface area (Å²) in [5.41, 5.74) is 1.89. The summed E-state index contributed by atoms with van der Waals surface area (Å²) < 4.78 is 0. The van der Waals surface area contributed by atoms with Crippen LogP contribution in [0.15, 0.2) is 24.5 Å². The van der Waals surface area contributed by atoms with E-state index in [2.05, 4.69) is 40.8 Å². The molecule has 0 atom stereocenters. The van der Waals surface area contributed by atoms with E-state index in [0.717, 1.165) is 5.92 Å². The maximum atomic E-state index is 4.14. The van der Waals surface area contributed by atoms with E-state index in [9.17, 15) is 0 Å². The molecule has 0 N–H and O–H groups in total. The van der Waals surface area contributed by atoms with Crippen molar-refractivity contribution in [2.45, 2.75) is 45.4 Å². The third kappa shape index (κ3) is 4.30. The predicted molar refractivity (Wildman–Crippen MR) is 92.1 cm³/mol. The second-order valence-electron chi connectivity index (χ2n) is 7.98. The van der Waals surface area contributed by atoms with Crippen molar-refractivity contribution in [3.05, 3.63) is 30.1 Å². The summed E-state index contributed by atoms with van der Waals surface area (Å²) in [5, 5.41) is 0. The van der Waals surface area contributed by atoms with Gasteiger partial charge in [0.1, 0.15) is 0 Å². The fraction of sp³-hybridized carbons (Fsp3) is 0.737. The molecule has 2 saturated heterocycles. The van der Waals surface area contributed by atoms with E-state index in [0.29, 0.717) is 5.41 Å². The Morgan fingerprint density at radius 1 is 0.955 bits per heavy atom. The molecule has 0 unspecified atom stereocenters. The Labute approximate surface area is 135 Å². The van der Waals surface area contributed by atoms with Crippen LogP contribution >= 0.6 is 0 Å². The Kier molecular flexibility index (Phi) is 5.14. The van der Waals surface area contributed by atoms with Crippen LogP contribution in [-0.2, 0) is 0 Å². The molecule has 0 aliphatic carbocycles. The van der Waals surface area contributed by atoms with Crippen molar-refractivity contribution < 1.29 is 0 Å². The van der Waals surface area contributed by atoms with Crippen molar-refractivity contribution in [3.63, 3.8) is 0 Å². The van der Waals surface area contributed by atoms with Crippen LogP contribution in [0.3, 0.4) is 0 Å². The first-order valence-corrected chi connectivity index (χ1v) is 8.97. The molecule has 122 valence electrons. The van der Waals surface area contributed by atoms with Gasteiger partial charge < -0.3 is 9.80 Å². The number of aromatic nitrogens is 1. The zero-order valence-electron chi connectivity index (χ0n) is 14.3. The molecular formula is C19H31N3. The molecule has 0 aromatic carbocycles. The molecule has 3 heterocycles. The lowest BCUT2D eigenvalue weighted by molar-refractivity contribution is 0.113. The molecule has 0 bridgehead atoms. The minimum atomic E-state index is 0.411. The van der Waals surface area contributed by atoms with Gasteiger partial charge in [-0.2, -0.15) is 0 Å². The van der Waals surface area contributed by atoms with Gasteiger partial charge in [-0.15, -0.1) is 0 Å². The van der Waals surface area contributed by atoms with Gasteiger partial charge in [0.25, 0.3) is 0 Å². The number of rotatable bonds is 5. The Hall–Kier alpha value is -0.930. The first-order valence-electron chi connectivity index (χ1n) is 8.97. The fourth-order valence-corrected chi connectivity index (χ4v) is 4.26. The van der Waals surface area contributed by atoms with Crippen LogP contribution in [0.2, 0.25) is 0 Å². The number of hydrogen-bond acceptors (Lipinski definition) is 3. The van der Waals surface area contributed by atoms with Crippen molar-refractivity contribution in [1.29, 1.82) is 0 Å². The Bertz CT molecular complexity index is 443. The minimum absolute atomic E-state index is 0.411. The number of pyridine rings is 1. The fourth-order valence-electron chi connectivity index (χ4n) is 4.26. The van der Waals surface area contributed by atoms with Crippen LogP contribution in [0.5, 0.6) is 0 Å². The van der Waals surface area contributed by atoms with Crippen LogP contribution < -0.4 is 0 Å². The van der Waals surface area contributed by atoms with Gasteiger partial charge in [0.2, 0.25) is 0 Å². The molecule has 3 nitrogen and oxygen atoms in total. The predicted octanol–water partition coefficient (Wildman–Crippen LogP) is 3.38. The standard InChI is InChI=1S/C19H31N3/c1-19(2,15-21-11-3-4-12-21)16-22-13-7-18(8-14-22)17-5-9-20-10-6-17/h5-6,9-10,18H,3-4,7-8,11-16H2,1-2H3. The van der Waals surface area contributed by atoms with E-state index in [-0.39, 0.29) is 0 Å². The lowest BCUT2D eigenvalue weighted by Gasteiger charge is -2.39. The molecule has 0 radical (unpaired) electrons. The van der Waals surface area contributed by atoms with Crippen molar-refractivity contribution in [2.24, 2.45) is 5.41 Å². The first-order chi connectivity index (χ1) is 10.6. The van der Waals surface area contributed by atoms with Crippen molar-refractivity contribution in [2.75, 3.05) is 39.3 Å². The monoisotopic (exact) mass is 301 g/mol. The van der Waals surface area contributed by atoms with Crippen molar-refractivity contribution >= 4 is 0 Å². The quantitative estimate of drug-likeness (QED) is 0.831. The molecular weight excluding hydrogens is 270 g/mol. The Morgan fingerprint density at radius 3 is 2.09 bits per heavy atom. The second kappa shape index (κ2) is 7.10. The van der Waals surface area contributed by atoms with Crippen LogP contribution in [-0.4, -0.2) is 54.1 Å². The zero-order chi connectivity index (χ0) is 15.4. The molecule has 2 aliphatic heterocycles. The van der Waals surface area contributed by atoms with Gasteiger partial charge >= 0.3 is 0 Å². The van der Waals surface area contributed by atoms with Gasteiger partial charge in [-0.3, -0.25) is 4.98 Å². The van der Waals surface area contributed by atoms with E-state index in [1.165, 1.54) is 70.5 Å². The molecule has 2 aliphatic rings. The van der Waals surface area contributed by atoms with Crippen molar-refractivity contribution in [3.8, 4) is 0 Å². The maximum Gasteiger partial charge on any atom is 0.0270 e. The second-order valence-corrected chi connectivity index (χ2v) is 7.98. The molecule has 3 heteroatoms. The van der Waals surface area contributed by atoms with E-state index in [1.54, 1.807) is 0 Å². The van der Waals surface area contributed by atoms with Crippen molar-refractivity contribution in [1.82, 2.24) is 14.8 Å². The highest BCUT2D eigenvalue weighted by Crippen LogP contribution is 2.30. The lowest BCUT2D eigenvalue weighted by Crippen LogP contribution is -2.44. The van der Waals surface area contributed by atoms with Gasteiger partial charge in [-0.1, -0.05) is 13.8 Å². The highest BCUT2D eigenvalue weighted by atomic mass is 15.2. The highest BCUT2D eigenvalue weighted by molar-refractivity contribution is 5.16. The van der Waals surface area contributed by atoms with E-state index >= 15 is 0 Å². The van der Waals surface area contributed by atoms with Crippen LogP contribution in [0.4, 0.5) is 0 Å². The van der Waals surface area contributed by atoms with Crippen LogP contribution in [0.25, 0.3) is 0 Å². The van der Waals surface area contributed by atoms with Gasteiger partial charge in [-0.25, -0.2) is 0 Å². The molecule has 0 spiro atoms. The third-order valence-electron chi connectivity index (χ3n) is 5.27. The van der Waals surface area contributed by atoms with Crippen LogP contribution in [0, 0.1) is 5.41 Å². The number of hydrogen-bond donors (Lipinski definition) is 0. The Morgan fingerprint density at radius 2 is 1.50 bits per heavy atom. The number of piperidine rings is 1. The summed E-state index contributed by atoms with van der Waals surface area (Å²) in [6.45, 7) is 12.5. The average Bonchev–Trinajstić information content (AvgIpc) is 3.00. The van der Waals surface area contributed by atoms with Gasteiger partial charge in [0.05, 0.1) is 0 Å². The third-order valence-corrected chi connectivity index (χ3v) is 5.27. The normalized spacial score (nSPS) is 22.3. The molecule has 0 saturated carbocycles. The molecule has 0 amide bonds. The molecule has 3 rings (SSSR count). The number of likely N-dealkylation sites (tertiary alicyclic amines) is 2. The van der Waals surface area contributed by atoms with Gasteiger partial charge in [0.15, 0.2) is 0 Å². The summed E-state index contributed by atoms with van der Waals surface area (Å²) >= 11 is 0. The maximum absolute atomic E-state index is 4.14. The molecule has 1 aromatic rings. The first kappa shape index (κ1) is 15.9. The Balaban J connectivity index is 1.46. The topological polar surface area (TPSA) is 19.4 Å². The summed E-state index contributed by atoms with van der Waals surface area (Å²) in [5.74, 6) is 0.737. The van der Waals surface area contributed by atoms with Crippen LogP contribution in [0.1, 0.15) is 51.0 Å². The largest absolute Gasteiger partial charge is 0.303 e. The smallest absolute Gasteiger partial charge is 0.0270 e. The molecule has 2 fully saturated rings. The summed E-state index contributed by atoms with van der Waals surface area (Å²) in [6.07, 6.45) is 9.25. The highest BCUT2D eigenvalue weighted by Gasteiger charge is 2.28. The lowest BCUT2D eigenvalue weighted by atomic mass is 9.87. The zero-order valence-corrected chi connectivity index (χ0v) is 14.3. The van der Waals surface area contributed by atoms with E-state index in [4.69, 9.17) is 0 Å². The average molecular weight is 301 g/mol. The minimum Gasteiger partial charge on any atom is -0.303 e. The van der Waals surface area contributed by atoms with E-state index in [1.807, 2.05) is 12.4 Å². The summed E-state index contributed by atoms with van der Waals surface area (Å²) in [4.78, 5) is 9.48. The van der Waals surface area contributed by atoms with E-state index < -0.39 is 0 Å². The van der Waals surface area contributed by atoms with Gasteiger partial charge in [0, 0.05) is 25.5 Å². The summed E-state index contributed by atoms with van der Waals surface area (Å²) in [6, 6.07) is 4.38. The number of nitrogens with zero attached hydrogens (tertiary/aromatic N) is 3. The molecule has 1 aromatic heterocycles. The SMILES string of the molecule is CC(C)(CN1CCCC1)CN1CCC(c2ccncc2)CC1. The summed E-state index contributed by atoms with van der Waals surface area (Å²) in [7, 11) is 0.